The van der Waals surface area contributed by atoms with E-state index in [1.54, 1.807) is 25.1 Å². The third kappa shape index (κ3) is 3.87. The lowest BCUT2D eigenvalue weighted by molar-refractivity contribution is 0.435. The van der Waals surface area contributed by atoms with Crippen molar-refractivity contribution >= 4 is 27.0 Å². The molecule has 7 heteroatoms. The summed E-state index contributed by atoms with van der Waals surface area (Å²) in [4.78, 5) is 0. The van der Waals surface area contributed by atoms with Crippen LogP contribution in [0.15, 0.2) is 40.9 Å². The quantitative estimate of drug-likeness (QED) is 0.779. The van der Waals surface area contributed by atoms with E-state index in [2.05, 4.69) is 15.9 Å². The van der Waals surface area contributed by atoms with Gasteiger partial charge >= 0.3 is 0 Å². The number of ether oxygens (including phenoxy) is 1. The summed E-state index contributed by atoms with van der Waals surface area (Å²) in [5, 5.41) is -0.557. The lowest BCUT2D eigenvalue weighted by Crippen LogP contribution is -2.01. The van der Waals surface area contributed by atoms with E-state index in [1.807, 2.05) is 0 Å². The van der Waals surface area contributed by atoms with Gasteiger partial charge in [-0.05, 0) is 52.7 Å². The van der Waals surface area contributed by atoms with Gasteiger partial charge in [-0.25, -0.2) is 13.0 Å². The fraction of sp³-hybridized carbons (Fsp3) is 0.143. The highest BCUT2D eigenvalue weighted by molar-refractivity contribution is 9.10. The standard InChI is InChI=1S/C14H11BrF2O3S/c1-8(21(18)19)9-2-4-13(11(15)6-9)20-14-5-3-10(16)7-12(14)17/h2-8H,1H3,(H,18,19). The van der Waals surface area contributed by atoms with E-state index < -0.39 is 28.0 Å². The molecule has 2 atom stereocenters. The van der Waals surface area contributed by atoms with E-state index in [1.165, 1.54) is 6.07 Å². The number of hydrogen-bond donors (Lipinski definition) is 1. The zero-order valence-electron chi connectivity index (χ0n) is 10.8. The highest BCUT2D eigenvalue weighted by Gasteiger charge is 2.14. The molecule has 0 aliphatic carbocycles. The van der Waals surface area contributed by atoms with Gasteiger partial charge in [0, 0.05) is 6.07 Å². The molecule has 0 spiro atoms. The fourth-order valence-corrected chi connectivity index (χ4v) is 2.50. The van der Waals surface area contributed by atoms with Crippen LogP contribution in [0.4, 0.5) is 8.78 Å². The second-order valence-corrected chi connectivity index (χ2v) is 6.40. The third-order valence-corrected chi connectivity index (χ3v) is 4.34. The first-order valence-corrected chi connectivity index (χ1v) is 7.87. The van der Waals surface area contributed by atoms with E-state index in [4.69, 9.17) is 9.29 Å². The minimum atomic E-state index is -1.98. The van der Waals surface area contributed by atoms with Crippen molar-refractivity contribution in [2.45, 2.75) is 12.2 Å². The molecule has 0 amide bonds. The molecule has 2 unspecified atom stereocenters. The summed E-state index contributed by atoms with van der Waals surface area (Å²) in [6, 6.07) is 7.80. The van der Waals surface area contributed by atoms with Crippen molar-refractivity contribution in [1.29, 1.82) is 0 Å². The maximum absolute atomic E-state index is 13.5. The summed E-state index contributed by atoms with van der Waals surface area (Å²) in [6.45, 7) is 1.61. The summed E-state index contributed by atoms with van der Waals surface area (Å²) in [7, 11) is 0. The number of hydrogen-bond acceptors (Lipinski definition) is 2. The van der Waals surface area contributed by atoms with Crippen LogP contribution in [0, 0.1) is 11.6 Å². The maximum Gasteiger partial charge on any atom is 0.168 e. The molecule has 0 fully saturated rings. The topological polar surface area (TPSA) is 46.5 Å². The van der Waals surface area contributed by atoms with Gasteiger partial charge in [0.25, 0.3) is 0 Å². The molecule has 0 heterocycles. The molecule has 0 radical (unpaired) electrons. The van der Waals surface area contributed by atoms with Crippen LogP contribution in [0.3, 0.4) is 0 Å². The summed E-state index contributed by atoms with van der Waals surface area (Å²) in [5.41, 5.74) is 0.634. The smallest absolute Gasteiger partial charge is 0.168 e. The molecule has 0 aliphatic rings. The Bertz CT molecular complexity index is 694. The van der Waals surface area contributed by atoms with Gasteiger partial charge in [0.2, 0.25) is 0 Å². The summed E-state index contributed by atoms with van der Waals surface area (Å²) >= 11 is 1.28. The number of benzene rings is 2. The molecule has 0 saturated heterocycles. The van der Waals surface area contributed by atoms with Crippen LogP contribution in [0.5, 0.6) is 11.5 Å². The molecule has 0 aliphatic heterocycles. The Labute approximate surface area is 131 Å². The molecule has 21 heavy (non-hydrogen) atoms. The number of halogens is 3. The SMILES string of the molecule is CC(c1ccc(Oc2ccc(F)cc2F)c(Br)c1)S(=O)O. The minimum Gasteiger partial charge on any atom is -0.453 e. The van der Waals surface area contributed by atoms with Gasteiger partial charge in [-0.3, -0.25) is 0 Å². The summed E-state index contributed by atoms with van der Waals surface area (Å²) < 4.78 is 52.3. The van der Waals surface area contributed by atoms with Crippen LogP contribution >= 0.6 is 15.9 Å². The van der Waals surface area contributed by atoms with E-state index in [9.17, 15) is 13.0 Å². The van der Waals surface area contributed by atoms with Crippen LogP contribution in [0.1, 0.15) is 17.7 Å². The molecule has 3 nitrogen and oxygen atoms in total. The van der Waals surface area contributed by atoms with Gasteiger partial charge in [0.05, 0.1) is 9.72 Å². The largest absolute Gasteiger partial charge is 0.453 e. The normalized spacial score (nSPS) is 13.8. The van der Waals surface area contributed by atoms with Gasteiger partial charge in [0.1, 0.15) is 11.6 Å². The Hall–Kier alpha value is -1.31. The van der Waals surface area contributed by atoms with Crippen LogP contribution in [0.25, 0.3) is 0 Å². The molecule has 2 aromatic carbocycles. The Kier molecular flexibility index (Phi) is 5.08. The predicted octanol–water partition coefficient (Wildman–Crippen LogP) is 4.80. The van der Waals surface area contributed by atoms with E-state index in [0.717, 1.165) is 12.1 Å². The van der Waals surface area contributed by atoms with Crippen molar-refractivity contribution in [2.75, 3.05) is 0 Å². The molecule has 0 aromatic heterocycles. The Morgan fingerprint density at radius 1 is 1.19 bits per heavy atom. The molecule has 112 valence electrons. The van der Waals surface area contributed by atoms with Crippen molar-refractivity contribution in [3.63, 3.8) is 0 Å². The lowest BCUT2D eigenvalue weighted by Gasteiger charge is -2.12. The van der Waals surface area contributed by atoms with Crippen molar-refractivity contribution in [3.05, 3.63) is 58.1 Å². The first-order chi connectivity index (χ1) is 9.88. The van der Waals surface area contributed by atoms with E-state index >= 15 is 0 Å². The zero-order chi connectivity index (χ0) is 15.6. The number of rotatable bonds is 4. The van der Waals surface area contributed by atoms with Gasteiger partial charge in [-0.2, -0.15) is 0 Å². The zero-order valence-corrected chi connectivity index (χ0v) is 13.2. The predicted molar refractivity (Wildman–Crippen MR) is 79.8 cm³/mol. The Balaban J connectivity index is 2.27. The van der Waals surface area contributed by atoms with Crippen LogP contribution in [-0.2, 0) is 11.1 Å². The second-order valence-electron chi connectivity index (χ2n) is 4.29. The first kappa shape index (κ1) is 16.1. The molecular weight excluding hydrogens is 366 g/mol. The van der Waals surface area contributed by atoms with Gasteiger partial charge < -0.3 is 9.29 Å². The van der Waals surface area contributed by atoms with Crippen molar-refractivity contribution in [2.24, 2.45) is 0 Å². The van der Waals surface area contributed by atoms with Crippen LogP contribution in [0.2, 0.25) is 0 Å². The molecule has 0 bridgehead atoms. The average molecular weight is 377 g/mol. The Morgan fingerprint density at radius 3 is 2.43 bits per heavy atom. The minimum absolute atomic E-state index is 0.108. The van der Waals surface area contributed by atoms with Gasteiger partial charge in [0.15, 0.2) is 22.6 Å². The van der Waals surface area contributed by atoms with Gasteiger partial charge in [-0.15, -0.1) is 0 Å². The molecular formula is C14H11BrF2O3S. The lowest BCUT2D eigenvalue weighted by atomic mass is 10.1. The van der Waals surface area contributed by atoms with Gasteiger partial charge in [-0.1, -0.05) is 6.07 Å². The van der Waals surface area contributed by atoms with Crippen molar-refractivity contribution in [1.82, 2.24) is 0 Å². The highest BCUT2D eigenvalue weighted by Crippen LogP contribution is 2.34. The highest BCUT2D eigenvalue weighted by atomic mass is 79.9. The fourth-order valence-electron chi connectivity index (χ4n) is 1.65. The van der Waals surface area contributed by atoms with Crippen molar-refractivity contribution in [3.8, 4) is 11.5 Å². The summed E-state index contributed by atoms with van der Waals surface area (Å²) in [6.07, 6.45) is 0. The van der Waals surface area contributed by atoms with Crippen LogP contribution < -0.4 is 4.74 Å². The second kappa shape index (κ2) is 6.64. The molecule has 2 rings (SSSR count). The monoisotopic (exact) mass is 376 g/mol. The maximum atomic E-state index is 13.5. The Morgan fingerprint density at radius 2 is 1.86 bits per heavy atom. The first-order valence-electron chi connectivity index (χ1n) is 5.90. The van der Waals surface area contributed by atoms with E-state index in [-0.39, 0.29) is 5.75 Å². The van der Waals surface area contributed by atoms with Crippen LogP contribution in [-0.4, -0.2) is 8.76 Å². The molecule has 1 N–H and O–H groups in total. The third-order valence-electron chi connectivity index (χ3n) is 2.84. The summed E-state index contributed by atoms with van der Waals surface area (Å²) in [5.74, 6) is -1.28. The average Bonchev–Trinajstić information content (AvgIpc) is 2.42. The molecule has 0 saturated carbocycles. The van der Waals surface area contributed by atoms with Crippen molar-refractivity contribution < 1.29 is 22.3 Å². The molecule has 2 aromatic rings. The van der Waals surface area contributed by atoms with E-state index in [0.29, 0.717) is 15.8 Å².